The Morgan fingerprint density at radius 1 is 1.15 bits per heavy atom. The lowest BCUT2D eigenvalue weighted by Gasteiger charge is -2.10. The molecule has 0 aliphatic carbocycles. The standard InChI is InChI=1S/C14H15Cl2N3O/c1-3-18-14-12(16)6-11(15)13(19-14)9-5-10(20-4-2)8-17-7-9/h5-8H,3-4H2,1-2H3,(H,18,19). The number of hydrogen-bond acceptors (Lipinski definition) is 4. The Labute approximate surface area is 128 Å². The molecule has 0 unspecified atom stereocenters. The van der Waals surface area contributed by atoms with Crippen LogP contribution in [0.3, 0.4) is 0 Å². The van der Waals surface area contributed by atoms with E-state index in [1.807, 2.05) is 19.9 Å². The molecular weight excluding hydrogens is 297 g/mol. The summed E-state index contributed by atoms with van der Waals surface area (Å²) in [6, 6.07) is 3.53. The second-order valence-corrected chi connectivity index (χ2v) is 4.84. The zero-order valence-electron chi connectivity index (χ0n) is 11.3. The first-order chi connectivity index (χ1) is 9.65. The third-order valence-electron chi connectivity index (χ3n) is 2.57. The molecule has 2 rings (SSSR count). The first-order valence-electron chi connectivity index (χ1n) is 6.33. The number of hydrogen-bond donors (Lipinski definition) is 1. The maximum absolute atomic E-state index is 6.22. The minimum atomic E-state index is 0.479. The first kappa shape index (κ1) is 14.9. The van der Waals surface area contributed by atoms with Crippen LogP contribution in [0.15, 0.2) is 24.5 Å². The highest BCUT2D eigenvalue weighted by molar-refractivity contribution is 6.37. The largest absolute Gasteiger partial charge is 0.492 e. The van der Waals surface area contributed by atoms with Crippen LogP contribution in [0.2, 0.25) is 10.0 Å². The summed E-state index contributed by atoms with van der Waals surface area (Å²) in [7, 11) is 0. The normalized spacial score (nSPS) is 10.4. The van der Waals surface area contributed by atoms with E-state index in [1.54, 1.807) is 18.5 Å². The van der Waals surface area contributed by atoms with Gasteiger partial charge in [0.2, 0.25) is 0 Å². The van der Waals surface area contributed by atoms with Crippen molar-refractivity contribution in [2.24, 2.45) is 0 Å². The molecule has 106 valence electrons. The number of pyridine rings is 2. The molecule has 1 N–H and O–H groups in total. The van der Waals surface area contributed by atoms with Crippen LogP contribution in [0, 0.1) is 0 Å². The van der Waals surface area contributed by atoms with Gasteiger partial charge in [-0.3, -0.25) is 4.98 Å². The van der Waals surface area contributed by atoms with Crippen molar-refractivity contribution in [2.45, 2.75) is 13.8 Å². The van der Waals surface area contributed by atoms with Crippen molar-refractivity contribution in [2.75, 3.05) is 18.5 Å². The van der Waals surface area contributed by atoms with Crippen LogP contribution < -0.4 is 10.1 Å². The van der Waals surface area contributed by atoms with E-state index in [0.29, 0.717) is 33.9 Å². The molecule has 0 aliphatic heterocycles. The van der Waals surface area contributed by atoms with E-state index in [-0.39, 0.29) is 0 Å². The molecule has 0 fully saturated rings. The number of nitrogens with one attached hydrogen (secondary N) is 1. The Morgan fingerprint density at radius 2 is 1.95 bits per heavy atom. The Kier molecular flexibility index (Phi) is 5.04. The van der Waals surface area contributed by atoms with Gasteiger partial charge in [-0.25, -0.2) is 4.98 Å². The van der Waals surface area contributed by atoms with E-state index in [0.717, 1.165) is 12.1 Å². The third kappa shape index (κ3) is 3.32. The fourth-order valence-electron chi connectivity index (χ4n) is 1.75. The predicted molar refractivity (Wildman–Crippen MR) is 82.8 cm³/mol. The van der Waals surface area contributed by atoms with Gasteiger partial charge < -0.3 is 10.1 Å². The molecule has 0 amide bonds. The summed E-state index contributed by atoms with van der Waals surface area (Å²) >= 11 is 12.3. The summed E-state index contributed by atoms with van der Waals surface area (Å²) in [6.07, 6.45) is 3.35. The van der Waals surface area contributed by atoms with Crippen LogP contribution >= 0.6 is 23.2 Å². The Morgan fingerprint density at radius 3 is 2.65 bits per heavy atom. The van der Waals surface area contributed by atoms with Crippen LogP contribution in [0.25, 0.3) is 11.3 Å². The first-order valence-corrected chi connectivity index (χ1v) is 7.09. The number of rotatable bonds is 5. The maximum atomic E-state index is 6.22. The van der Waals surface area contributed by atoms with Crippen LogP contribution in [-0.4, -0.2) is 23.1 Å². The highest BCUT2D eigenvalue weighted by Gasteiger charge is 2.12. The van der Waals surface area contributed by atoms with Gasteiger partial charge in [-0.1, -0.05) is 23.2 Å². The van der Waals surface area contributed by atoms with Gasteiger partial charge in [-0.05, 0) is 26.0 Å². The lowest BCUT2D eigenvalue weighted by atomic mass is 10.2. The Hall–Kier alpha value is -1.52. The molecule has 2 heterocycles. The highest BCUT2D eigenvalue weighted by Crippen LogP contribution is 2.33. The zero-order valence-corrected chi connectivity index (χ0v) is 12.8. The lowest BCUT2D eigenvalue weighted by Crippen LogP contribution is -2.01. The van der Waals surface area contributed by atoms with Gasteiger partial charge in [0.25, 0.3) is 0 Å². The van der Waals surface area contributed by atoms with Gasteiger partial charge in [0.1, 0.15) is 11.6 Å². The van der Waals surface area contributed by atoms with Gasteiger partial charge in [-0.15, -0.1) is 0 Å². The van der Waals surface area contributed by atoms with Crippen molar-refractivity contribution in [1.82, 2.24) is 9.97 Å². The van der Waals surface area contributed by atoms with Gasteiger partial charge in [0.05, 0.1) is 28.5 Å². The van der Waals surface area contributed by atoms with Gasteiger partial charge in [-0.2, -0.15) is 0 Å². The average Bonchev–Trinajstić information content (AvgIpc) is 2.43. The molecule has 2 aromatic heterocycles. The summed E-state index contributed by atoms with van der Waals surface area (Å²) in [5, 5.41) is 4.07. The van der Waals surface area contributed by atoms with Gasteiger partial charge in [0, 0.05) is 18.3 Å². The third-order valence-corrected chi connectivity index (χ3v) is 3.15. The number of ether oxygens (including phenoxy) is 1. The Bertz CT molecular complexity index is 605. The average molecular weight is 312 g/mol. The number of anilines is 1. The molecule has 0 saturated heterocycles. The summed E-state index contributed by atoms with van der Waals surface area (Å²) in [6.45, 7) is 5.20. The van der Waals surface area contributed by atoms with E-state index in [4.69, 9.17) is 27.9 Å². The SMILES string of the molecule is CCNc1nc(-c2cncc(OCC)c2)c(Cl)cc1Cl. The van der Waals surface area contributed by atoms with E-state index in [9.17, 15) is 0 Å². The molecule has 20 heavy (non-hydrogen) atoms. The molecule has 0 aromatic carbocycles. The molecule has 4 nitrogen and oxygen atoms in total. The predicted octanol–water partition coefficient (Wildman–Crippen LogP) is 4.28. The molecule has 0 spiro atoms. The van der Waals surface area contributed by atoms with Crippen molar-refractivity contribution < 1.29 is 4.74 Å². The number of halogens is 2. The topological polar surface area (TPSA) is 47.0 Å². The van der Waals surface area contributed by atoms with Crippen molar-refractivity contribution in [1.29, 1.82) is 0 Å². The van der Waals surface area contributed by atoms with Crippen LogP contribution in [-0.2, 0) is 0 Å². The fourth-order valence-corrected chi connectivity index (χ4v) is 2.29. The summed E-state index contributed by atoms with van der Waals surface area (Å²) in [5.41, 5.74) is 1.41. The smallest absolute Gasteiger partial charge is 0.145 e. The molecule has 6 heteroatoms. The minimum absolute atomic E-state index is 0.479. The van der Waals surface area contributed by atoms with Crippen LogP contribution in [0.4, 0.5) is 5.82 Å². The lowest BCUT2D eigenvalue weighted by molar-refractivity contribution is 0.339. The van der Waals surface area contributed by atoms with Crippen molar-refractivity contribution in [3.63, 3.8) is 0 Å². The van der Waals surface area contributed by atoms with Gasteiger partial charge in [0.15, 0.2) is 0 Å². The second-order valence-electron chi connectivity index (χ2n) is 4.02. The number of nitrogens with zero attached hydrogens (tertiary/aromatic N) is 2. The Balaban J connectivity index is 2.45. The fraction of sp³-hybridized carbons (Fsp3) is 0.286. The van der Waals surface area contributed by atoms with Crippen LogP contribution in [0.5, 0.6) is 5.75 Å². The zero-order chi connectivity index (χ0) is 14.5. The number of aromatic nitrogens is 2. The summed E-state index contributed by atoms with van der Waals surface area (Å²) < 4.78 is 5.43. The van der Waals surface area contributed by atoms with Crippen molar-refractivity contribution in [3.05, 3.63) is 34.6 Å². The van der Waals surface area contributed by atoms with Crippen molar-refractivity contribution in [3.8, 4) is 17.0 Å². The molecule has 0 radical (unpaired) electrons. The van der Waals surface area contributed by atoms with E-state index in [2.05, 4.69) is 15.3 Å². The molecular formula is C14H15Cl2N3O. The van der Waals surface area contributed by atoms with E-state index in [1.165, 1.54) is 0 Å². The summed E-state index contributed by atoms with van der Waals surface area (Å²) in [4.78, 5) is 8.60. The molecule has 2 aromatic rings. The van der Waals surface area contributed by atoms with E-state index < -0.39 is 0 Å². The monoisotopic (exact) mass is 311 g/mol. The molecule has 0 atom stereocenters. The highest BCUT2D eigenvalue weighted by atomic mass is 35.5. The minimum Gasteiger partial charge on any atom is -0.492 e. The van der Waals surface area contributed by atoms with Crippen molar-refractivity contribution >= 4 is 29.0 Å². The van der Waals surface area contributed by atoms with E-state index >= 15 is 0 Å². The molecule has 0 bridgehead atoms. The second kappa shape index (κ2) is 6.77. The quantitative estimate of drug-likeness (QED) is 0.895. The molecule has 0 saturated carbocycles. The summed E-state index contributed by atoms with van der Waals surface area (Å²) in [5.74, 6) is 1.29. The maximum Gasteiger partial charge on any atom is 0.145 e. The molecule has 0 aliphatic rings. The van der Waals surface area contributed by atoms with Crippen LogP contribution in [0.1, 0.15) is 13.8 Å². The van der Waals surface area contributed by atoms with Gasteiger partial charge >= 0.3 is 0 Å².